The van der Waals surface area contributed by atoms with E-state index < -0.39 is 41.1 Å². The number of thioether (sulfide) groups is 1. The Hall–Kier alpha value is -3.54. The molecule has 2 aliphatic carbocycles. The van der Waals surface area contributed by atoms with Gasteiger partial charge in [-0.2, -0.15) is 13.2 Å². The second-order valence-electron chi connectivity index (χ2n) is 12.4. The number of thiazole rings is 1. The Balaban J connectivity index is 1.21. The van der Waals surface area contributed by atoms with Crippen LogP contribution >= 0.6 is 34.7 Å². The molecule has 2 aliphatic heterocycles. The lowest BCUT2D eigenvalue weighted by Gasteiger charge is -2.43. The number of hydrogen-bond acceptors (Lipinski definition) is 6. The van der Waals surface area contributed by atoms with Gasteiger partial charge in [-0.25, -0.2) is 4.90 Å². The van der Waals surface area contributed by atoms with E-state index in [0.29, 0.717) is 28.8 Å². The van der Waals surface area contributed by atoms with Gasteiger partial charge in [0.05, 0.1) is 28.1 Å². The van der Waals surface area contributed by atoms with E-state index in [2.05, 4.69) is 4.98 Å². The van der Waals surface area contributed by atoms with Gasteiger partial charge in [-0.1, -0.05) is 59.3 Å². The molecule has 1 N–H and O–H groups in total. The minimum atomic E-state index is -4.73. The molecule has 12 heteroatoms. The first kappa shape index (κ1) is 29.8. The molecule has 4 aromatic rings. The predicted molar refractivity (Wildman–Crippen MR) is 169 cm³/mol. The number of imide groups is 1. The summed E-state index contributed by atoms with van der Waals surface area (Å²) in [6, 6.07) is 18.1. The maximum absolute atomic E-state index is 14.1. The zero-order valence-electron chi connectivity index (χ0n) is 24.2. The lowest BCUT2D eigenvalue weighted by Crippen LogP contribution is -2.42. The average Bonchev–Trinajstić information content (AvgIpc) is 3.75. The number of alkyl halides is 3. The summed E-state index contributed by atoms with van der Waals surface area (Å²) in [6.45, 7) is 2.32. The molecule has 8 rings (SSSR count). The second-order valence-corrected chi connectivity index (χ2v) is 15.0. The standard InChI is InChI=1S/C34H26ClF3N2O4S2/c1-15-6-2-3-7-16(15)14-44-23-11-10-17(35)12-18(23)24-25-19-13-20(28(25)45-30-29(24)46-33(43)39-30)27-26(19)31(41)40(32(27)42)22-9-5-4-8-21(22)34(36,37)38/h2-12,19-20,24-28H,13-14H2,1H3,(H,39,43)/t19-,20-,24?,25?,26?,27?,28?/m1/s1. The molecule has 3 fully saturated rings. The van der Waals surface area contributed by atoms with E-state index in [9.17, 15) is 27.6 Å². The number of aromatic amines is 1. The third-order valence-electron chi connectivity index (χ3n) is 10.1. The van der Waals surface area contributed by atoms with Gasteiger partial charge in [-0.3, -0.25) is 14.4 Å². The van der Waals surface area contributed by atoms with Gasteiger partial charge in [0.15, 0.2) is 0 Å². The average molecular weight is 683 g/mol. The molecule has 3 aromatic carbocycles. The van der Waals surface area contributed by atoms with Crippen LogP contribution in [0.5, 0.6) is 5.75 Å². The lowest BCUT2D eigenvalue weighted by molar-refractivity contribution is -0.137. The van der Waals surface area contributed by atoms with Gasteiger partial charge in [0.2, 0.25) is 11.8 Å². The number of ether oxygens (including phenoxy) is 1. The fourth-order valence-electron chi connectivity index (χ4n) is 8.33. The van der Waals surface area contributed by atoms with Gasteiger partial charge in [0, 0.05) is 26.6 Å². The number of carbonyl (C=O) groups is 2. The summed E-state index contributed by atoms with van der Waals surface area (Å²) in [5, 5.41) is 1.05. The van der Waals surface area contributed by atoms with Crippen molar-refractivity contribution in [1.29, 1.82) is 0 Å². The number of fused-ring (bicyclic) bond motifs is 9. The summed E-state index contributed by atoms with van der Waals surface area (Å²) >= 11 is 9.20. The summed E-state index contributed by atoms with van der Waals surface area (Å²) in [4.78, 5) is 45.1. The van der Waals surface area contributed by atoms with E-state index in [-0.39, 0.29) is 33.8 Å². The molecule has 0 radical (unpaired) electrons. The van der Waals surface area contributed by atoms with E-state index in [1.54, 1.807) is 6.07 Å². The predicted octanol–water partition coefficient (Wildman–Crippen LogP) is 7.67. The van der Waals surface area contributed by atoms with Crippen molar-refractivity contribution in [2.45, 2.75) is 42.3 Å². The first-order valence-corrected chi connectivity index (χ1v) is 17.0. The number of carbonyl (C=O) groups excluding carboxylic acids is 2. The number of hydrogen-bond donors (Lipinski definition) is 1. The SMILES string of the molecule is Cc1ccccc1COc1ccc(Cl)cc1C1c2sc(=O)[nH]c2SC2C1[C@H]1C[C@@H]2C2C(=O)N(c3ccccc3C(F)(F)F)C(=O)C21. The van der Waals surface area contributed by atoms with Crippen molar-refractivity contribution in [2.75, 3.05) is 4.90 Å². The van der Waals surface area contributed by atoms with E-state index in [4.69, 9.17) is 16.3 Å². The number of para-hydroxylation sites is 1. The summed E-state index contributed by atoms with van der Waals surface area (Å²) < 4.78 is 48.4. The number of aromatic nitrogens is 1. The molecule has 1 aromatic heterocycles. The van der Waals surface area contributed by atoms with Crippen LogP contribution in [0.4, 0.5) is 18.9 Å². The van der Waals surface area contributed by atoms with Gasteiger partial charge in [0.1, 0.15) is 12.4 Å². The van der Waals surface area contributed by atoms with Crippen LogP contribution in [0, 0.1) is 36.5 Å². The lowest BCUT2D eigenvalue weighted by atomic mass is 9.68. The van der Waals surface area contributed by atoms with Crippen molar-refractivity contribution in [3.05, 3.63) is 109 Å². The van der Waals surface area contributed by atoms with Gasteiger partial charge >= 0.3 is 11.0 Å². The molecule has 6 nitrogen and oxygen atoms in total. The van der Waals surface area contributed by atoms with Crippen molar-refractivity contribution in [1.82, 2.24) is 4.98 Å². The van der Waals surface area contributed by atoms with E-state index in [0.717, 1.165) is 43.9 Å². The van der Waals surface area contributed by atoms with Crippen molar-refractivity contribution in [3.8, 4) is 5.75 Å². The first-order chi connectivity index (χ1) is 22.0. The van der Waals surface area contributed by atoms with Crippen molar-refractivity contribution in [3.63, 3.8) is 0 Å². The molecule has 7 atom stereocenters. The Morgan fingerprint density at radius 2 is 1.70 bits per heavy atom. The molecule has 0 spiro atoms. The highest BCUT2D eigenvalue weighted by molar-refractivity contribution is 8.00. The number of H-pyrrole nitrogens is 1. The highest BCUT2D eigenvalue weighted by Crippen LogP contribution is 2.69. The van der Waals surface area contributed by atoms with Gasteiger partial charge < -0.3 is 9.72 Å². The third-order valence-corrected chi connectivity index (χ3v) is 12.9. The fraction of sp³-hybridized carbons (Fsp3) is 0.324. The Morgan fingerprint density at radius 3 is 2.46 bits per heavy atom. The van der Waals surface area contributed by atoms with E-state index in [1.165, 1.54) is 30.0 Å². The second kappa shape index (κ2) is 10.7. The molecule has 3 heterocycles. The Labute approximate surface area is 274 Å². The number of halogens is 4. The highest BCUT2D eigenvalue weighted by Gasteiger charge is 2.70. The number of aryl methyl sites for hydroxylation is 1. The Bertz CT molecular complexity index is 1980. The molecule has 5 unspecified atom stereocenters. The highest BCUT2D eigenvalue weighted by atomic mass is 35.5. The van der Waals surface area contributed by atoms with Crippen LogP contribution in [-0.2, 0) is 22.4 Å². The van der Waals surface area contributed by atoms with Crippen LogP contribution < -0.4 is 14.5 Å². The van der Waals surface area contributed by atoms with Crippen LogP contribution in [-0.4, -0.2) is 22.0 Å². The van der Waals surface area contributed by atoms with Crippen LogP contribution in [0.25, 0.3) is 0 Å². The molecule has 2 amide bonds. The normalized spacial score (nSPS) is 27.9. The molecule has 1 saturated heterocycles. The summed E-state index contributed by atoms with van der Waals surface area (Å²) in [7, 11) is 0. The minimum Gasteiger partial charge on any atom is -0.489 e. The topological polar surface area (TPSA) is 79.5 Å². The van der Waals surface area contributed by atoms with Crippen LogP contribution in [0.15, 0.2) is 76.6 Å². The number of nitrogens with zero attached hydrogens (tertiary/aromatic N) is 1. The number of rotatable bonds is 5. The maximum Gasteiger partial charge on any atom is 0.418 e. The maximum atomic E-state index is 14.1. The fourth-order valence-corrected chi connectivity index (χ4v) is 11.4. The first-order valence-electron chi connectivity index (χ1n) is 14.9. The van der Waals surface area contributed by atoms with Crippen LogP contribution in [0.3, 0.4) is 0 Å². The van der Waals surface area contributed by atoms with Crippen molar-refractivity contribution >= 4 is 52.2 Å². The summed E-state index contributed by atoms with van der Waals surface area (Å²) in [6.07, 6.45) is -4.14. The third kappa shape index (κ3) is 4.49. The van der Waals surface area contributed by atoms with Crippen LogP contribution in [0.1, 0.15) is 39.5 Å². The number of anilines is 1. The van der Waals surface area contributed by atoms with Gasteiger partial charge in [-0.05, 0) is 72.6 Å². The summed E-state index contributed by atoms with van der Waals surface area (Å²) in [5.74, 6) is -3.13. The molecule has 46 heavy (non-hydrogen) atoms. The van der Waals surface area contributed by atoms with E-state index in [1.807, 2.05) is 43.3 Å². The molecular formula is C34H26ClF3N2O4S2. The van der Waals surface area contributed by atoms with Gasteiger partial charge in [-0.15, -0.1) is 11.8 Å². The molecule has 4 aliphatic rings. The number of nitrogens with one attached hydrogen (secondary N) is 1. The molecule has 2 bridgehead atoms. The van der Waals surface area contributed by atoms with Crippen LogP contribution in [0.2, 0.25) is 5.02 Å². The summed E-state index contributed by atoms with van der Waals surface area (Å²) in [5.41, 5.74) is 1.45. The smallest absolute Gasteiger partial charge is 0.418 e. The minimum absolute atomic E-state index is 0.147. The zero-order valence-corrected chi connectivity index (χ0v) is 26.6. The van der Waals surface area contributed by atoms with E-state index >= 15 is 0 Å². The molecular weight excluding hydrogens is 657 g/mol. The van der Waals surface area contributed by atoms with Crippen molar-refractivity contribution < 1.29 is 27.5 Å². The Kier molecular flexibility index (Phi) is 6.97. The zero-order chi connectivity index (χ0) is 32.1. The largest absolute Gasteiger partial charge is 0.489 e. The monoisotopic (exact) mass is 682 g/mol. The number of amides is 2. The number of benzene rings is 3. The molecule has 2 saturated carbocycles. The van der Waals surface area contributed by atoms with Gasteiger partial charge in [0.25, 0.3) is 0 Å². The van der Waals surface area contributed by atoms with Crippen molar-refractivity contribution in [2.24, 2.45) is 29.6 Å². The molecule has 236 valence electrons. The Morgan fingerprint density at radius 1 is 0.978 bits per heavy atom. The quantitative estimate of drug-likeness (QED) is 0.219.